The lowest BCUT2D eigenvalue weighted by atomic mass is 9.78. The second-order valence-electron chi connectivity index (χ2n) is 14.3. The average Bonchev–Trinajstić information content (AvgIpc) is 3.50. The molecule has 55 heavy (non-hydrogen) atoms. The molecule has 0 saturated carbocycles. The van der Waals surface area contributed by atoms with Gasteiger partial charge in [-0.25, -0.2) is 4.79 Å². The molecule has 17 nitrogen and oxygen atoms in total. The number of ether oxygens (including phenoxy) is 1. The molecule has 1 aliphatic rings. The van der Waals surface area contributed by atoms with E-state index in [2.05, 4.69) is 36.9 Å². The Kier molecular flexibility index (Phi) is 13.4. The molecule has 4 atom stereocenters. The van der Waals surface area contributed by atoms with Crippen LogP contribution < -0.4 is 36.6 Å². The number of fused-ring (bicyclic) bond motifs is 2. The van der Waals surface area contributed by atoms with Gasteiger partial charge in [0.25, 0.3) is 0 Å². The van der Waals surface area contributed by atoms with Crippen LogP contribution in [0.4, 0.5) is 0 Å². The molecule has 0 unspecified atom stereocenters. The van der Waals surface area contributed by atoms with Crippen molar-refractivity contribution in [2.24, 2.45) is 0 Å². The molecular formula is C38H47N7O10. The minimum Gasteiger partial charge on any atom is -0.481 e. The van der Waals surface area contributed by atoms with Gasteiger partial charge < -0.3 is 46.7 Å². The Balaban J connectivity index is 1.69. The molecule has 1 aromatic heterocycles. The van der Waals surface area contributed by atoms with Crippen LogP contribution in [0.3, 0.4) is 0 Å². The van der Waals surface area contributed by atoms with Gasteiger partial charge in [0.05, 0.1) is 19.5 Å². The highest BCUT2D eigenvalue weighted by molar-refractivity contribution is 5.96. The Morgan fingerprint density at radius 3 is 2.15 bits per heavy atom. The summed E-state index contributed by atoms with van der Waals surface area (Å²) in [6.07, 6.45) is 0.783. The van der Waals surface area contributed by atoms with Gasteiger partial charge in [-0.3, -0.25) is 33.6 Å². The number of benzene rings is 2. The highest BCUT2D eigenvalue weighted by atomic mass is 16.5. The highest BCUT2D eigenvalue weighted by Gasteiger charge is 2.34. The summed E-state index contributed by atoms with van der Waals surface area (Å²) in [7, 11) is 0. The zero-order valence-electron chi connectivity index (χ0n) is 31.5. The van der Waals surface area contributed by atoms with Crippen molar-refractivity contribution in [3.8, 4) is 5.75 Å². The van der Waals surface area contributed by atoms with E-state index < -0.39 is 96.5 Å². The Morgan fingerprint density at radius 1 is 0.800 bits per heavy atom. The third-order valence-electron chi connectivity index (χ3n) is 9.05. The maximum Gasteiger partial charge on any atom is 0.333 e. The zero-order chi connectivity index (χ0) is 40.6. The van der Waals surface area contributed by atoms with E-state index in [4.69, 9.17) is 4.74 Å². The number of carbonyl (C=O) groups is 8. The fraction of sp³-hybridized carbons (Fsp3) is 0.421. The van der Waals surface area contributed by atoms with Crippen LogP contribution in [0.25, 0.3) is 10.9 Å². The molecule has 1 aliphatic heterocycles. The molecule has 2 heterocycles. The summed E-state index contributed by atoms with van der Waals surface area (Å²) in [5.41, 5.74) is 2.51. The van der Waals surface area contributed by atoms with Gasteiger partial charge in [0.2, 0.25) is 35.4 Å². The molecule has 0 saturated heterocycles. The van der Waals surface area contributed by atoms with E-state index in [1.165, 1.54) is 13.8 Å². The van der Waals surface area contributed by atoms with E-state index in [0.717, 1.165) is 22.0 Å². The summed E-state index contributed by atoms with van der Waals surface area (Å²) in [6.45, 7) is 8.57. The van der Waals surface area contributed by atoms with Crippen molar-refractivity contribution in [3.05, 3.63) is 64.8 Å². The predicted octanol–water partition coefficient (Wildman–Crippen LogP) is 0.300. The van der Waals surface area contributed by atoms with E-state index in [0.29, 0.717) is 11.1 Å². The molecule has 8 N–H and O–H groups in total. The highest BCUT2D eigenvalue weighted by Crippen LogP contribution is 2.38. The van der Waals surface area contributed by atoms with Crippen molar-refractivity contribution in [1.82, 2.24) is 36.9 Å². The van der Waals surface area contributed by atoms with E-state index >= 15 is 0 Å². The van der Waals surface area contributed by atoms with Gasteiger partial charge in [0.15, 0.2) is 0 Å². The molecule has 0 bridgehead atoms. The van der Waals surface area contributed by atoms with Crippen LogP contribution in [0.5, 0.6) is 5.75 Å². The van der Waals surface area contributed by atoms with Crippen LogP contribution in [0, 0.1) is 13.8 Å². The van der Waals surface area contributed by atoms with Crippen LogP contribution in [0.15, 0.2) is 42.6 Å². The molecule has 0 spiro atoms. The molecule has 17 heteroatoms. The molecule has 4 rings (SSSR count). The Bertz CT molecular complexity index is 2010. The minimum absolute atomic E-state index is 0.0597. The van der Waals surface area contributed by atoms with E-state index in [1.807, 2.05) is 30.3 Å². The quantitative estimate of drug-likeness (QED) is 0.133. The van der Waals surface area contributed by atoms with E-state index in [9.17, 15) is 43.5 Å². The second kappa shape index (κ2) is 17.7. The van der Waals surface area contributed by atoms with Gasteiger partial charge in [-0.2, -0.15) is 0 Å². The maximum atomic E-state index is 13.9. The minimum atomic E-state index is -1.62. The first-order valence-electron chi connectivity index (χ1n) is 17.7. The fourth-order valence-electron chi connectivity index (χ4n) is 6.48. The predicted molar refractivity (Wildman–Crippen MR) is 199 cm³/mol. The number of carbonyl (C=O) groups excluding carboxylic acids is 7. The van der Waals surface area contributed by atoms with Gasteiger partial charge in [0.1, 0.15) is 29.9 Å². The van der Waals surface area contributed by atoms with Crippen molar-refractivity contribution >= 4 is 58.3 Å². The number of aromatic nitrogens is 1. The molecule has 6 amide bonds. The number of carboxylic acid groups (broad SMARTS) is 1. The first kappa shape index (κ1) is 41.5. The van der Waals surface area contributed by atoms with Gasteiger partial charge in [0, 0.05) is 40.9 Å². The molecule has 3 aromatic rings. The summed E-state index contributed by atoms with van der Waals surface area (Å²) < 4.78 is 5.81. The summed E-state index contributed by atoms with van der Waals surface area (Å²) in [5, 5.41) is 24.9. The standard InChI is InChI=1S/C38H47N7O10/c1-19-11-20(2)33-28(12-19)55-37(54)22(4)43-36(53)27(14-32(49)50)45-31(48)18-40-30(47)17-41-34(51)21(3)42-35(52)26(44-29(46)15-38(33,5)6)13-23-16-39-25-10-8-7-9-24(23)25/h7-12,16,21-22,26-27,39H,13-15,17-18H2,1-6H3,(H,40,47)(H,41,51)(H,42,52)(H,43,53)(H,44,46)(H,45,48)(H,49,50)/t21-,22-,26-,27-/m0/s1. The lowest BCUT2D eigenvalue weighted by Gasteiger charge is -2.30. The topological polar surface area (TPSA) is 254 Å². The van der Waals surface area contributed by atoms with E-state index in [1.54, 1.807) is 40.0 Å². The molecule has 0 aliphatic carbocycles. The Hall–Kier alpha value is -6.26. The van der Waals surface area contributed by atoms with Crippen molar-refractivity contribution in [1.29, 1.82) is 0 Å². The monoisotopic (exact) mass is 761 g/mol. The molecule has 0 radical (unpaired) electrons. The van der Waals surface area contributed by atoms with Crippen molar-refractivity contribution in [2.75, 3.05) is 13.1 Å². The lowest BCUT2D eigenvalue weighted by Crippen LogP contribution is -2.55. The number of aryl methyl sites for hydroxylation is 2. The number of H-pyrrole nitrogens is 1. The first-order chi connectivity index (χ1) is 25.8. The van der Waals surface area contributed by atoms with Gasteiger partial charge in [-0.15, -0.1) is 0 Å². The average molecular weight is 762 g/mol. The van der Waals surface area contributed by atoms with Crippen LogP contribution in [-0.2, 0) is 50.2 Å². The SMILES string of the molecule is Cc1cc(C)c2c(c1)OC(=O)[C@H](C)NC(=O)[C@H](CC(=O)O)NC(=O)CNC(=O)CNC(=O)[C@H](C)NC(=O)[C@H](Cc1c[nH]c3ccccc13)NC(=O)CC2(C)C. The zero-order valence-corrected chi connectivity index (χ0v) is 31.5. The smallest absolute Gasteiger partial charge is 0.333 e. The van der Waals surface area contributed by atoms with Gasteiger partial charge >= 0.3 is 11.9 Å². The number of carboxylic acids is 1. The van der Waals surface area contributed by atoms with Gasteiger partial charge in [-0.05, 0) is 56.5 Å². The van der Waals surface area contributed by atoms with Crippen LogP contribution in [0.2, 0.25) is 0 Å². The number of aromatic amines is 1. The summed E-state index contributed by atoms with van der Waals surface area (Å²) >= 11 is 0. The van der Waals surface area contributed by atoms with Gasteiger partial charge in [-0.1, -0.05) is 38.1 Å². The Labute approximate surface area is 317 Å². The first-order valence-corrected chi connectivity index (χ1v) is 17.7. The number of hydrogen-bond donors (Lipinski definition) is 8. The molecule has 2 aromatic carbocycles. The van der Waals surface area contributed by atoms with Crippen molar-refractivity contribution in [2.45, 2.75) is 90.4 Å². The number of hydrogen-bond acceptors (Lipinski definition) is 9. The number of amides is 6. The van der Waals surface area contributed by atoms with Crippen molar-refractivity contribution in [3.63, 3.8) is 0 Å². The van der Waals surface area contributed by atoms with E-state index in [-0.39, 0.29) is 18.6 Å². The van der Waals surface area contributed by atoms with Crippen LogP contribution in [-0.4, -0.2) is 94.7 Å². The molecule has 294 valence electrons. The fourth-order valence-corrected chi connectivity index (χ4v) is 6.48. The third kappa shape index (κ3) is 11.1. The van der Waals surface area contributed by atoms with Crippen LogP contribution in [0.1, 0.15) is 62.8 Å². The summed E-state index contributed by atoms with van der Waals surface area (Å²) in [5.74, 6) is -6.84. The second-order valence-corrected chi connectivity index (χ2v) is 14.3. The number of esters is 1. The molecular weight excluding hydrogens is 714 g/mol. The van der Waals surface area contributed by atoms with Crippen LogP contribution >= 0.6 is 0 Å². The Morgan fingerprint density at radius 2 is 1.44 bits per heavy atom. The number of para-hydroxylation sites is 1. The molecule has 0 fully saturated rings. The number of aliphatic carboxylic acids is 1. The maximum absolute atomic E-state index is 13.9. The summed E-state index contributed by atoms with van der Waals surface area (Å²) in [6, 6.07) is 5.67. The number of rotatable bonds is 4. The third-order valence-corrected chi connectivity index (χ3v) is 9.05. The van der Waals surface area contributed by atoms with Crippen molar-refractivity contribution < 1.29 is 48.2 Å². The number of nitrogens with one attached hydrogen (secondary N) is 7. The lowest BCUT2D eigenvalue weighted by molar-refractivity contribution is -0.142. The summed E-state index contributed by atoms with van der Waals surface area (Å²) in [4.78, 5) is 107. The largest absolute Gasteiger partial charge is 0.481 e. The normalized spacial score (nSPS) is 22.4.